The average molecular weight is 313 g/mol. The first-order valence-corrected chi connectivity index (χ1v) is 6.90. The molecule has 17 heavy (non-hydrogen) atoms. The van der Waals surface area contributed by atoms with E-state index < -0.39 is 5.82 Å². The van der Waals surface area contributed by atoms with E-state index in [0.717, 1.165) is 5.56 Å². The Kier molecular flexibility index (Phi) is 4.07. The minimum atomic E-state index is -0.397. The lowest BCUT2D eigenvalue weighted by Gasteiger charge is -2.01. The molecule has 0 aliphatic carbocycles. The van der Waals surface area contributed by atoms with Crippen molar-refractivity contribution in [1.29, 1.82) is 0 Å². The molecule has 0 saturated carbocycles. The molecule has 1 heterocycles. The second-order valence-corrected chi connectivity index (χ2v) is 5.32. The van der Waals surface area contributed by atoms with Crippen molar-refractivity contribution < 1.29 is 9.18 Å². The summed E-state index contributed by atoms with van der Waals surface area (Å²) in [6, 6.07) is 6.48. The van der Waals surface area contributed by atoms with Crippen molar-refractivity contribution in [3.8, 4) is 0 Å². The van der Waals surface area contributed by atoms with Crippen LogP contribution in [0.2, 0.25) is 0 Å². The lowest BCUT2D eigenvalue weighted by Crippen LogP contribution is -2.01. The lowest BCUT2D eigenvalue weighted by molar-refractivity contribution is 0.0982. The molecule has 4 heteroatoms. The molecule has 0 fully saturated rings. The summed E-state index contributed by atoms with van der Waals surface area (Å²) < 4.78 is 13.6. The summed E-state index contributed by atoms with van der Waals surface area (Å²) in [6.07, 6.45) is 1.12. The molecule has 0 saturated heterocycles. The van der Waals surface area contributed by atoms with Crippen LogP contribution in [0.3, 0.4) is 0 Å². The second-order valence-electron chi connectivity index (χ2n) is 3.68. The van der Waals surface area contributed by atoms with Crippen LogP contribution in [-0.4, -0.2) is 5.78 Å². The molecular formula is C13H10BrFOS. The quantitative estimate of drug-likeness (QED) is 0.761. The van der Waals surface area contributed by atoms with Crippen LogP contribution >= 0.6 is 27.3 Å². The largest absolute Gasteiger partial charge is 0.294 e. The molecule has 88 valence electrons. The van der Waals surface area contributed by atoms with Gasteiger partial charge in [0.15, 0.2) is 5.78 Å². The van der Waals surface area contributed by atoms with Crippen LogP contribution in [0.15, 0.2) is 39.5 Å². The van der Waals surface area contributed by atoms with Gasteiger partial charge in [0, 0.05) is 12.0 Å². The van der Waals surface area contributed by atoms with Gasteiger partial charge in [0.25, 0.3) is 0 Å². The summed E-state index contributed by atoms with van der Waals surface area (Å²) in [5, 5.41) is 4.01. The standard InChI is InChI=1S/C13H10BrFOS/c14-11-3-2-10(7-12(11)15)13(16)4-1-9-5-6-17-8-9/h2-3,5-8H,1,4H2. The molecule has 0 unspecified atom stereocenters. The van der Waals surface area contributed by atoms with Crippen molar-refractivity contribution in [3.63, 3.8) is 0 Å². The molecule has 0 amide bonds. The maximum Gasteiger partial charge on any atom is 0.163 e. The van der Waals surface area contributed by atoms with Crippen molar-refractivity contribution in [1.82, 2.24) is 0 Å². The first-order chi connectivity index (χ1) is 8.16. The highest BCUT2D eigenvalue weighted by molar-refractivity contribution is 9.10. The summed E-state index contributed by atoms with van der Waals surface area (Å²) in [5.74, 6) is -0.422. The molecule has 0 aliphatic heterocycles. The molecule has 2 aromatic rings. The van der Waals surface area contributed by atoms with Gasteiger partial charge in [0.2, 0.25) is 0 Å². The van der Waals surface area contributed by atoms with Crippen LogP contribution in [0.1, 0.15) is 22.3 Å². The number of hydrogen-bond donors (Lipinski definition) is 0. The van der Waals surface area contributed by atoms with Gasteiger partial charge < -0.3 is 0 Å². The van der Waals surface area contributed by atoms with Crippen LogP contribution in [0.4, 0.5) is 4.39 Å². The van der Waals surface area contributed by atoms with E-state index in [9.17, 15) is 9.18 Å². The highest BCUT2D eigenvalue weighted by atomic mass is 79.9. The van der Waals surface area contributed by atoms with Gasteiger partial charge >= 0.3 is 0 Å². The van der Waals surface area contributed by atoms with Gasteiger partial charge in [-0.1, -0.05) is 6.07 Å². The number of carbonyl (C=O) groups is 1. The fraction of sp³-hybridized carbons (Fsp3) is 0.154. The Hall–Kier alpha value is -1.000. The summed E-state index contributed by atoms with van der Waals surface area (Å²) in [7, 11) is 0. The molecule has 0 N–H and O–H groups in total. The SMILES string of the molecule is O=C(CCc1ccsc1)c1ccc(Br)c(F)c1. The number of aryl methyl sites for hydroxylation is 1. The van der Waals surface area contributed by atoms with Crippen LogP contribution < -0.4 is 0 Å². The van der Waals surface area contributed by atoms with E-state index in [1.807, 2.05) is 16.8 Å². The maximum atomic E-state index is 13.3. The molecule has 0 radical (unpaired) electrons. The third kappa shape index (κ3) is 3.23. The van der Waals surface area contributed by atoms with Gasteiger partial charge in [-0.15, -0.1) is 0 Å². The predicted octanol–water partition coefficient (Wildman–Crippen LogP) is 4.47. The number of halogens is 2. The molecule has 0 atom stereocenters. The Balaban J connectivity index is 2.02. The summed E-state index contributed by atoms with van der Waals surface area (Å²) >= 11 is 4.68. The van der Waals surface area contributed by atoms with Crippen molar-refractivity contribution in [2.24, 2.45) is 0 Å². The molecule has 0 spiro atoms. The Morgan fingerprint density at radius 2 is 2.18 bits per heavy atom. The van der Waals surface area contributed by atoms with Crippen LogP contribution in [0.25, 0.3) is 0 Å². The molecule has 1 aromatic carbocycles. The smallest absolute Gasteiger partial charge is 0.163 e. The first-order valence-electron chi connectivity index (χ1n) is 5.16. The first kappa shape index (κ1) is 12.5. The van der Waals surface area contributed by atoms with Gasteiger partial charge in [-0.3, -0.25) is 4.79 Å². The van der Waals surface area contributed by atoms with E-state index in [1.165, 1.54) is 6.07 Å². The Bertz CT molecular complexity index is 522. The van der Waals surface area contributed by atoms with Gasteiger partial charge in [0.05, 0.1) is 4.47 Å². The topological polar surface area (TPSA) is 17.1 Å². The normalized spacial score (nSPS) is 10.5. The minimum Gasteiger partial charge on any atom is -0.294 e. The number of hydrogen-bond acceptors (Lipinski definition) is 2. The maximum absolute atomic E-state index is 13.3. The van der Waals surface area contributed by atoms with E-state index in [2.05, 4.69) is 15.9 Å². The fourth-order valence-corrected chi connectivity index (χ4v) is 2.46. The molecular weight excluding hydrogens is 303 g/mol. The lowest BCUT2D eigenvalue weighted by atomic mass is 10.0. The number of ketones is 1. The van der Waals surface area contributed by atoms with Crippen LogP contribution in [-0.2, 0) is 6.42 Å². The van der Waals surface area contributed by atoms with Crippen molar-refractivity contribution >= 4 is 33.0 Å². The van der Waals surface area contributed by atoms with E-state index in [1.54, 1.807) is 23.5 Å². The fourth-order valence-electron chi connectivity index (χ4n) is 1.51. The van der Waals surface area contributed by atoms with Crippen molar-refractivity contribution in [3.05, 3.63) is 56.4 Å². The Morgan fingerprint density at radius 1 is 1.35 bits per heavy atom. The van der Waals surface area contributed by atoms with Crippen LogP contribution in [0, 0.1) is 5.82 Å². The van der Waals surface area contributed by atoms with E-state index in [0.29, 0.717) is 22.9 Å². The monoisotopic (exact) mass is 312 g/mol. The van der Waals surface area contributed by atoms with E-state index in [4.69, 9.17) is 0 Å². The minimum absolute atomic E-state index is 0.0254. The summed E-state index contributed by atoms with van der Waals surface area (Å²) in [6.45, 7) is 0. The number of Topliss-reactive ketones (excluding diaryl/α,β-unsaturated/α-hetero) is 1. The number of benzene rings is 1. The second kappa shape index (κ2) is 5.56. The number of thiophene rings is 1. The summed E-state index contributed by atoms with van der Waals surface area (Å²) in [5.41, 5.74) is 1.59. The summed E-state index contributed by atoms with van der Waals surface area (Å²) in [4.78, 5) is 11.8. The average Bonchev–Trinajstić information content (AvgIpc) is 2.82. The van der Waals surface area contributed by atoms with Gasteiger partial charge in [0.1, 0.15) is 5.82 Å². The zero-order valence-electron chi connectivity index (χ0n) is 8.95. The molecule has 1 aromatic heterocycles. The van der Waals surface area contributed by atoms with Crippen molar-refractivity contribution in [2.75, 3.05) is 0 Å². The molecule has 1 nitrogen and oxygen atoms in total. The van der Waals surface area contributed by atoms with E-state index >= 15 is 0 Å². The Labute approximate surface area is 111 Å². The molecule has 2 rings (SSSR count). The predicted molar refractivity (Wildman–Crippen MR) is 71.1 cm³/mol. The molecule has 0 aliphatic rings. The van der Waals surface area contributed by atoms with Crippen molar-refractivity contribution in [2.45, 2.75) is 12.8 Å². The highest BCUT2D eigenvalue weighted by Crippen LogP contribution is 2.18. The third-order valence-corrected chi connectivity index (χ3v) is 3.84. The van der Waals surface area contributed by atoms with Crippen LogP contribution in [0.5, 0.6) is 0 Å². The molecule has 0 bridgehead atoms. The zero-order valence-corrected chi connectivity index (χ0v) is 11.4. The highest BCUT2D eigenvalue weighted by Gasteiger charge is 2.09. The van der Waals surface area contributed by atoms with E-state index in [-0.39, 0.29) is 5.78 Å². The number of rotatable bonds is 4. The van der Waals surface area contributed by atoms with Gasteiger partial charge in [-0.05, 0) is 56.9 Å². The van der Waals surface area contributed by atoms with Gasteiger partial charge in [-0.2, -0.15) is 11.3 Å². The zero-order chi connectivity index (χ0) is 12.3. The van der Waals surface area contributed by atoms with Gasteiger partial charge in [-0.25, -0.2) is 4.39 Å². The third-order valence-electron chi connectivity index (χ3n) is 2.46. The number of carbonyl (C=O) groups excluding carboxylic acids is 1. The Morgan fingerprint density at radius 3 is 2.82 bits per heavy atom.